The number of benzene rings is 2. The molecule has 9 heteroatoms. The summed E-state index contributed by atoms with van der Waals surface area (Å²) in [4.78, 5) is 35.1. The Morgan fingerprint density at radius 1 is 1.12 bits per heavy atom. The van der Waals surface area contributed by atoms with E-state index in [1.807, 2.05) is 58.6 Å². The summed E-state index contributed by atoms with van der Waals surface area (Å²) in [6.07, 6.45) is 5.24. The van der Waals surface area contributed by atoms with Gasteiger partial charge in [-0.2, -0.15) is 0 Å². The second kappa shape index (κ2) is 8.71. The van der Waals surface area contributed by atoms with Gasteiger partial charge in [-0.05, 0) is 30.3 Å². The van der Waals surface area contributed by atoms with Gasteiger partial charge < -0.3 is 10.1 Å². The zero-order valence-corrected chi connectivity index (χ0v) is 18.5. The molecule has 3 aromatic heterocycles. The highest BCUT2D eigenvalue weighted by molar-refractivity contribution is 7.15. The molecule has 3 heterocycles. The van der Waals surface area contributed by atoms with Gasteiger partial charge in [0.15, 0.2) is 4.96 Å². The molecule has 164 valence electrons. The van der Waals surface area contributed by atoms with Crippen LogP contribution in [0.3, 0.4) is 0 Å². The highest BCUT2D eigenvalue weighted by atomic mass is 32.1. The van der Waals surface area contributed by atoms with E-state index in [2.05, 4.69) is 15.3 Å². The Balaban J connectivity index is 1.33. The van der Waals surface area contributed by atoms with Crippen LogP contribution in [0.4, 0.5) is 5.69 Å². The lowest BCUT2D eigenvalue weighted by molar-refractivity contribution is -0.116. The number of nitrogens with zero attached hydrogens (tertiary/aromatic N) is 4. The number of amides is 1. The fraction of sp³-hybridized carbons (Fsp3) is 0.0833. The van der Waals surface area contributed by atoms with Crippen molar-refractivity contribution in [2.45, 2.75) is 6.54 Å². The molecule has 0 atom stereocenters. The third kappa shape index (κ3) is 4.26. The molecular weight excluding hydrogens is 438 g/mol. The van der Waals surface area contributed by atoms with Crippen LogP contribution < -0.4 is 15.6 Å². The fourth-order valence-electron chi connectivity index (χ4n) is 3.48. The Morgan fingerprint density at radius 2 is 1.94 bits per heavy atom. The predicted molar refractivity (Wildman–Crippen MR) is 128 cm³/mol. The fourth-order valence-corrected chi connectivity index (χ4v) is 4.18. The normalized spacial score (nSPS) is 10.9. The Bertz CT molecular complexity index is 1470. The second-order valence-corrected chi connectivity index (χ2v) is 8.15. The van der Waals surface area contributed by atoms with Gasteiger partial charge in [0.05, 0.1) is 30.5 Å². The van der Waals surface area contributed by atoms with Gasteiger partial charge in [0, 0.05) is 35.0 Å². The molecule has 0 saturated heterocycles. The maximum absolute atomic E-state index is 12.7. The van der Waals surface area contributed by atoms with Crippen molar-refractivity contribution in [2.24, 2.45) is 0 Å². The lowest BCUT2D eigenvalue weighted by Crippen LogP contribution is -2.27. The Hall–Kier alpha value is -4.24. The van der Waals surface area contributed by atoms with Crippen molar-refractivity contribution in [3.63, 3.8) is 0 Å². The standard InChI is InChI=1S/C24H19N5O3S/c1-32-17-8-6-16(7-9-17)20-12-23(31)29(15-25-20)14-22(30)26-19-5-3-2-4-18(19)21-13-28-10-11-33-24(28)27-21/h2-13,15H,14H2,1H3,(H,26,30). The molecule has 1 N–H and O–H groups in total. The highest BCUT2D eigenvalue weighted by Crippen LogP contribution is 2.28. The Labute approximate surface area is 192 Å². The van der Waals surface area contributed by atoms with E-state index < -0.39 is 0 Å². The number of carbonyl (C=O) groups is 1. The van der Waals surface area contributed by atoms with E-state index in [0.29, 0.717) is 11.4 Å². The molecule has 0 aliphatic heterocycles. The molecule has 0 spiro atoms. The van der Waals surface area contributed by atoms with E-state index in [-0.39, 0.29) is 18.0 Å². The van der Waals surface area contributed by atoms with Gasteiger partial charge >= 0.3 is 0 Å². The number of imidazole rings is 1. The van der Waals surface area contributed by atoms with Crippen LogP contribution in [0.25, 0.3) is 27.5 Å². The molecule has 33 heavy (non-hydrogen) atoms. The number of nitrogens with one attached hydrogen (secondary N) is 1. The number of hydrogen-bond donors (Lipinski definition) is 1. The molecule has 0 radical (unpaired) electrons. The lowest BCUT2D eigenvalue weighted by Gasteiger charge is -2.11. The number of rotatable bonds is 6. The molecular formula is C24H19N5O3S. The van der Waals surface area contributed by atoms with Crippen molar-refractivity contribution in [1.82, 2.24) is 18.9 Å². The van der Waals surface area contributed by atoms with Gasteiger partial charge in [-0.15, -0.1) is 11.3 Å². The second-order valence-electron chi connectivity index (χ2n) is 7.28. The summed E-state index contributed by atoms with van der Waals surface area (Å²) >= 11 is 1.54. The number of carbonyl (C=O) groups excluding carboxylic acids is 1. The number of aromatic nitrogens is 4. The van der Waals surface area contributed by atoms with Crippen molar-refractivity contribution >= 4 is 27.9 Å². The highest BCUT2D eigenvalue weighted by Gasteiger charge is 2.13. The monoisotopic (exact) mass is 457 g/mol. The van der Waals surface area contributed by atoms with Crippen molar-refractivity contribution in [3.05, 3.63) is 89.1 Å². The Morgan fingerprint density at radius 3 is 2.70 bits per heavy atom. The number of thiazole rings is 1. The van der Waals surface area contributed by atoms with E-state index in [9.17, 15) is 9.59 Å². The maximum atomic E-state index is 12.7. The van der Waals surface area contributed by atoms with Crippen LogP contribution in [-0.4, -0.2) is 32.0 Å². The molecule has 5 rings (SSSR count). The van der Waals surface area contributed by atoms with E-state index in [1.54, 1.807) is 30.6 Å². The Kier molecular flexibility index (Phi) is 5.45. The molecule has 0 aliphatic rings. The summed E-state index contributed by atoms with van der Waals surface area (Å²) in [5.74, 6) is 0.393. The number of para-hydroxylation sites is 1. The summed E-state index contributed by atoms with van der Waals surface area (Å²) in [7, 11) is 1.59. The summed E-state index contributed by atoms with van der Waals surface area (Å²) in [6.45, 7) is -0.151. The average molecular weight is 458 g/mol. The zero-order chi connectivity index (χ0) is 22.8. The van der Waals surface area contributed by atoms with Crippen LogP contribution in [0.2, 0.25) is 0 Å². The van der Waals surface area contributed by atoms with Gasteiger partial charge in [0.2, 0.25) is 5.91 Å². The van der Waals surface area contributed by atoms with Gasteiger partial charge in [-0.3, -0.25) is 18.6 Å². The summed E-state index contributed by atoms with van der Waals surface area (Å²) < 4.78 is 8.37. The topological polar surface area (TPSA) is 90.5 Å². The number of fused-ring (bicyclic) bond motifs is 1. The van der Waals surface area contributed by atoms with Crippen LogP contribution in [0.1, 0.15) is 0 Å². The third-order valence-corrected chi connectivity index (χ3v) is 5.92. The summed E-state index contributed by atoms with van der Waals surface area (Å²) in [5.41, 5.74) is 3.21. The van der Waals surface area contributed by atoms with Crippen molar-refractivity contribution in [3.8, 4) is 28.3 Å². The van der Waals surface area contributed by atoms with Gasteiger partial charge in [-0.1, -0.05) is 18.2 Å². The summed E-state index contributed by atoms with van der Waals surface area (Å²) in [5, 5.41) is 4.86. The smallest absolute Gasteiger partial charge is 0.254 e. The molecule has 0 unspecified atom stereocenters. The average Bonchev–Trinajstić information content (AvgIpc) is 3.43. The van der Waals surface area contributed by atoms with Crippen molar-refractivity contribution in [2.75, 3.05) is 12.4 Å². The SMILES string of the molecule is COc1ccc(-c2cc(=O)n(CC(=O)Nc3ccccc3-c3cn4ccsc4n3)cn2)cc1. The van der Waals surface area contributed by atoms with Crippen LogP contribution >= 0.6 is 11.3 Å². The van der Waals surface area contributed by atoms with Crippen LogP contribution in [0.15, 0.2) is 83.5 Å². The predicted octanol–water partition coefficient (Wildman–Crippen LogP) is 3.93. The minimum absolute atomic E-state index is 0.151. The van der Waals surface area contributed by atoms with E-state index in [0.717, 1.165) is 27.5 Å². The molecule has 8 nitrogen and oxygen atoms in total. The van der Waals surface area contributed by atoms with E-state index in [4.69, 9.17) is 4.74 Å². The van der Waals surface area contributed by atoms with Gasteiger partial charge in [0.25, 0.3) is 5.56 Å². The molecule has 5 aromatic rings. The first kappa shape index (κ1) is 20.7. The molecule has 2 aromatic carbocycles. The number of hydrogen-bond acceptors (Lipinski definition) is 6. The number of anilines is 1. The largest absolute Gasteiger partial charge is 0.497 e. The molecule has 0 aliphatic carbocycles. The van der Waals surface area contributed by atoms with Crippen molar-refractivity contribution < 1.29 is 9.53 Å². The minimum atomic E-state index is -0.329. The first-order chi connectivity index (χ1) is 16.1. The minimum Gasteiger partial charge on any atom is -0.497 e. The van der Waals surface area contributed by atoms with Gasteiger partial charge in [0.1, 0.15) is 12.3 Å². The van der Waals surface area contributed by atoms with Crippen LogP contribution in [-0.2, 0) is 11.3 Å². The summed E-state index contributed by atoms with van der Waals surface area (Å²) in [6, 6.07) is 16.1. The first-order valence-electron chi connectivity index (χ1n) is 10.1. The first-order valence-corrected chi connectivity index (χ1v) is 11.0. The van der Waals surface area contributed by atoms with E-state index in [1.165, 1.54) is 17.0 Å². The number of methoxy groups -OCH3 is 1. The van der Waals surface area contributed by atoms with Crippen LogP contribution in [0, 0.1) is 0 Å². The number of ether oxygens (including phenoxy) is 1. The van der Waals surface area contributed by atoms with E-state index >= 15 is 0 Å². The van der Waals surface area contributed by atoms with Gasteiger partial charge in [-0.25, -0.2) is 9.97 Å². The maximum Gasteiger partial charge on any atom is 0.254 e. The molecule has 0 fully saturated rings. The lowest BCUT2D eigenvalue weighted by atomic mass is 10.1. The van der Waals surface area contributed by atoms with Crippen LogP contribution in [0.5, 0.6) is 5.75 Å². The molecule has 0 saturated carbocycles. The molecule has 1 amide bonds. The quantitative estimate of drug-likeness (QED) is 0.417. The van der Waals surface area contributed by atoms with Crippen molar-refractivity contribution in [1.29, 1.82) is 0 Å². The zero-order valence-electron chi connectivity index (χ0n) is 17.6. The third-order valence-electron chi connectivity index (χ3n) is 5.15. The molecule has 0 bridgehead atoms.